The molecule has 3 atom stereocenters. The van der Waals surface area contributed by atoms with Crippen LogP contribution in [0.1, 0.15) is 296 Å². The molecule has 0 heterocycles. The Morgan fingerprint density at radius 1 is 0.486 bits per heavy atom. The Kier molecular flexibility index (Phi) is 51.6. The van der Waals surface area contributed by atoms with E-state index in [0.717, 1.165) is 38.5 Å². The number of amides is 1. The number of allylic oxidation sites excluding steroid dienone is 5. The van der Waals surface area contributed by atoms with Crippen LogP contribution in [0.3, 0.4) is 0 Å². The smallest absolute Gasteiger partial charge is 0.268 e. The van der Waals surface area contributed by atoms with E-state index in [-0.39, 0.29) is 12.5 Å². The van der Waals surface area contributed by atoms with Crippen molar-refractivity contribution in [1.29, 1.82) is 0 Å². The van der Waals surface area contributed by atoms with E-state index < -0.39 is 26.6 Å². The van der Waals surface area contributed by atoms with Crippen molar-refractivity contribution in [3.05, 3.63) is 36.5 Å². The van der Waals surface area contributed by atoms with Gasteiger partial charge in [0, 0.05) is 6.42 Å². The maximum absolute atomic E-state index is 12.9. The highest BCUT2D eigenvalue weighted by molar-refractivity contribution is 7.45. The molecule has 8 nitrogen and oxygen atoms in total. The van der Waals surface area contributed by atoms with E-state index in [1.165, 1.54) is 238 Å². The number of hydrogen-bond donors (Lipinski definition) is 2. The van der Waals surface area contributed by atoms with Gasteiger partial charge in [-0.2, -0.15) is 0 Å². The Morgan fingerprint density at radius 2 is 0.800 bits per heavy atom. The van der Waals surface area contributed by atoms with Gasteiger partial charge in [-0.25, -0.2) is 0 Å². The predicted molar refractivity (Wildman–Crippen MR) is 302 cm³/mol. The normalized spacial score (nSPS) is 14.1. The molecule has 0 aliphatic carbocycles. The molecule has 0 bridgehead atoms. The standard InChI is InChI=1S/C61H119N2O6P/c1-6-8-10-12-14-16-18-20-21-22-23-24-25-26-27-28-29-30-31-32-33-34-35-36-37-38-39-40-41-43-45-47-49-51-53-55-61(65)62-59(58-69-70(66,67)68-57-56-63(3,4)5)60(64)54-52-50-48-46-44-42-19-17-15-13-11-9-7-2/h28-29,44,46,52,54,59-60,64H,6-27,30-43,45,47-51,53,55-58H2,1-5H3,(H-,62,65,66,67)/b29-28-,46-44+,54-52+. The molecule has 0 saturated carbocycles. The number of aliphatic hydroxyl groups is 1. The van der Waals surface area contributed by atoms with Crippen LogP contribution < -0.4 is 10.2 Å². The first kappa shape index (κ1) is 68.7. The third-order valence-corrected chi connectivity index (χ3v) is 14.8. The summed E-state index contributed by atoms with van der Waals surface area (Å²) in [7, 11) is 1.25. The van der Waals surface area contributed by atoms with Gasteiger partial charge in [0.05, 0.1) is 39.9 Å². The average molecular weight is 1010 g/mol. The Morgan fingerprint density at radius 3 is 1.16 bits per heavy atom. The van der Waals surface area contributed by atoms with Crippen LogP contribution in [0.4, 0.5) is 0 Å². The van der Waals surface area contributed by atoms with E-state index >= 15 is 0 Å². The second kappa shape index (κ2) is 52.6. The minimum Gasteiger partial charge on any atom is -0.756 e. The summed E-state index contributed by atoms with van der Waals surface area (Å²) in [5.41, 5.74) is 0. The van der Waals surface area contributed by atoms with Crippen LogP contribution in [0.25, 0.3) is 0 Å². The summed E-state index contributed by atoms with van der Waals surface area (Å²) in [6, 6.07) is -0.901. The molecular formula is C61H119N2O6P. The first-order valence-electron chi connectivity index (χ1n) is 30.4. The van der Waals surface area contributed by atoms with Gasteiger partial charge < -0.3 is 28.8 Å². The molecule has 0 aliphatic heterocycles. The number of rotatable bonds is 56. The Hall–Kier alpha value is -1.28. The molecule has 1 amide bonds. The van der Waals surface area contributed by atoms with E-state index in [1.54, 1.807) is 6.08 Å². The van der Waals surface area contributed by atoms with Gasteiger partial charge in [0.2, 0.25) is 5.91 Å². The molecule has 0 aliphatic rings. The highest BCUT2D eigenvalue weighted by Crippen LogP contribution is 2.38. The van der Waals surface area contributed by atoms with Crippen LogP contribution in [0.2, 0.25) is 0 Å². The summed E-state index contributed by atoms with van der Waals surface area (Å²) in [4.78, 5) is 25.4. The summed E-state index contributed by atoms with van der Waals surface area (Å²) >= 11 is 0. The quantitative estimate of drug-likeness (QED) is 0.0272. The van der Waals surface area contributed by atoms with E-state index in [4.69, 9.17) is 9.05 Å². The zero-order valence-electron chi connectivity index (χ0n) is 47.2. The first-order chi connectivity index (χ1) is 34.0. The molecule has 414 valence electrons. The van der Waals surface area contributed by atoms with Crippen LogP contribution in [-0.4, -0.2) is 68.5 Å². The lowest BCUT2D eigenvalue weighted by Crippen LogP contribution is -2.45. The van der Waals surface area contributed by atoms with Gasteiger partial charge >= 0.3 is 0 Å². The van der Waals surface area contributed by atoms with Crippen LogP contribution >= 0.6 is 7.82 Å². The number of hydrogen-bond acceptors (Lipinski definition) is 6. The van der Waals surface area contributed by atoms with Crippen molar-refractivity contribution < 1.29 is 32.9 Å². The number of quaternary nitrogens is 1. The number of carbonyl (C=O) groups excluding carboxylic acids is 1. The van der Waals surface area contributed by atoms with Crippen LogP contribution in [-0.2, 0) is 18.4 Å². The minimum atomic E-state index is -4.60. The molecule has 3 unspecified atom stereocenters. The molecule has 0 aromatic heterocycles. The lowest BCUT2D eigenvalue weighted by atomic mass is 10.0. The van der Waals surface area contributed by atoms with Crippen molar-refractivity contribution in [3.63, 3.8) is 0 Å². The summed E-state index contributed by atoms with van der Waals surface area (Å²) in [5.74, 6) is -0.204. The zero-order chi connectivity index (χ0) is 51.3. The number of phosphoric ester groups is 1. The molecule has 0 fully saturated rings. The minimum absolute atomic E-state index is 0.00521. The van der Waals surface area contributed by atoms with E-state index in [2.05, 4.69) is 43.5 Å². The number of nitrogens with one attached hydrogen (secondary N) is 1. The van der Waals surface area contributed by atoms with Gasteiger partial charge in [0.15, 0.2) is 0 Å². The Balaban J connectivity index is 3.96. The van der Waals surface area contributed by atoms with Gasteiger partial charge in [-0.3, -0.25) is 9.36 Å². The van der Waals surface area contributed by atoms with Gasteiger partial charge in [-0.05, 0) is 57.8 Å². The fourth-order valence-corrected chi connectivity index (χ4v) is 9.77. The van der Waals surface area contributed by atoms with Crippen molar-refractivity contribution >= 4 is 13.7 Å². The third-order valence-electron chi connectivity index (χ3n) is 13.8. The van der Waals surface area contributed by atoms with Crippen LogP contribution in [0, 0.1) is 0 Å². The maximum Gasteiger partial charge on any atom is 0.268 e. The predicted octanol–water partition coefficient (Wildman–Crippen LogP) is 17.9. The van der Waals surface area contributed by atoms with Crippen molar-refractivity contribution in [2.24, 2.45) is 0 Å². The number of aliphatic hydroxyl groups excluding tert-OH is 1. The highest BCUT2D eigenvalue weighted by Gasteiger charge is 2.23. The first-order valence-corrected chi connectivity index (χ1v) is 31.8. The molecular weight excluding hydrogens is 888 g/mol. The zero-order valence-corrected chi connectivity index (χ0v) is 48.1. The maximum atomic E-state index is 12.9. The molecule has 9 heteroatoms. The second-order valence-electron chi connectivity index (χ2n) is 22.0. The summed E-state index contributed by atoms with van der Waals surface area (Å²) < 4.78 is 23.3. The molecule has 2 N–H and O–H groups in total. The molecule has 0 aromatic carbocycles. The topological polar surface area (TPSA) is 108 Å². The average Bonchev–Trinajstić information content (AvgIpc) is 3.32. The molecule has 0 aromatic rings. The number of nitrogens with zero attached hydrogens (tertiary/aromatic N) is 1. The monoisotopic (exact) mass is 1010 g/mol. The van der Waals surface area contributed by atoms with E-state index in [9.17, 15) is 19.4 Å². The van der Waals surface area contributed by atoms with Crippen molar-refractivity contribution in [2.75, 3.05) is 40.9 Å². The number of unbranched alkanes of at least 4 members (excludes halogenated alkanes) is 39. The van der Waals surface area contributed by atoms with Gasteiger partial charge in [-0.1, -0.05) is 269 Å². The fourth-order valence-electron chi connectivity index (χ4n) is 9.05. The Bertz CT molecular complexity index is 1230. The lowest BCUT2D eigenvalue weighted by molar-refractivity contribution is -0.870. The number of carbonyl (C=O) groups is 1. The van der Waals surface area contributed by atoms with Gasteiger partial charge in [-0.15, -0.1) is 0 Å². The summed E-state index contributed by atoms with van der Waals surface area (Å²) in [5, 5.41) is 13.8. The van der Waals surface area contributed by atoms with E-state index in [0.29, 0.717) is 17.4 Å². The number of phosphoric acid groups is 1. The third kappa shape index (κ3) is 54.5. The molecule has 70 heavy (non-hydrogen) atoms. The SMILES string of the molecule is CCCCCCCCC/C=C/CC/C=C/C(O)C(COP(=O)([O-])OCC[N+](C)(C)C)NC(=O)CCCCCCCCCCCCCCCCCCC/C=C\CCCCCCCCCCCCCCCC. The fraction of sp³-hybridized carbons (Fsp3) is 0.885. The second-order valence-corrected chi connectivity index (χ2v) is 23.5. The lowest BCUT2D eigenvalue weighted by Gasteiger charge is -2.29. The molecule has 0 rings (SSSR count). The summed E-state index contributed by atoms with van der Waals surface area (Å²) in [6.45, 7) is 4.64. The van der Waals surface area contributed by atoms with Gasteiger partial charge in [0.1, 0.15) is 13.2 Å². The largest absolute Gasteiger partial charge is 0.756 e. The van der Waals surface area contributed by atoms with Crippen molar-refractivity contribution in [1.82, 2.24) is 5.32 Å². The molecule has 0 saturated heterocycles. The molecule has 0 radical (unpaired) electrons. The van der Waals surface area contributed by atoms with Crippen molar-refractivity contribution in [3.8, 4) is 0 Å². The van der Waals surface area contributed by atoms with Crippen LogP contribution in [0.5, 0.6) is 0 Å². The highest BCUT2D eigenvalue weighted by atomic mass is 31.2. The van der Waals surface area contributed by atoms with E-state index in [1.807, 2.05) is 27.2 Å². The Labute approximate surface area is 436 Å². The summed E-state index contributed by atoms with van der Waals surface area (Å²) in [6.07, 6.45) is 68.3. The number of likely N-dealkylation sites (N-methyl/N-ethyl adjacent to an activating group) is 1. The molecule has 0 spiro atoms. The van der Waals surface area contributed by atoms with Gasteiger partial charge in [0.25, 0.3) is 7.82 Å². The van der Waals surface area contributed by atoms with Crippen LogP contribution in [0.15, 0.2) is 36.5 Å². The van der Waals surface area contributed by atoms with Crippen molar-refractivity contribution in [2.45, 2.75) is 309 Å².